The molecule has 0 unspecified atom stereocenters. The van der Waals surface area contributed by atoms with E-state index < -0.39 is 0 Å². The first-order valence-corrected chi connectivity index (χ1v) is 8.24. The van der Waals surface area contributed by atoms with E-state index in [1.54, 1.807) is 0 Å². The summed E-state index contributed by atoms with van der Waals surface area (Å²) >= 11 is 5.94. The van der Waals surface area contributed by atoms with Crippen LogP contribution in [-0.2, 0) is 11.2 Å². The molecule has 0 aliphatic carbocycles. The van der Waals surface area contributed by atoms with Gasteiger partial charge < -0.3 is 10.6 Å². The van der Waals surface area contributed by atoms with Crippen LogP contribution < -0.4 is 10.6 Å². The molecule has 0 saturated carbocycles. The van der Waals surface area contributed by atoms with Gasteiger partial charge in [-0.05, 0) is 55.2 Å². The standard InChI is InChI=1S/C19H23ClN2O/c1-14-6-7-15(2)18(12-14)21-11-9-19(23)22-10-8-16-4-3-5-17(20)13-16/h3-7,12-13,21H,8-11H2,1-2H3,(H,22,23). The molecule has 0 heterocycles. The quantitative estimate of drug-likeness (QED) is 0.802. The number of benzene rings is 2. The van der Waals surface area contributed by atoms with Gasteiger partial charge in [-0.15, -0.1) is 0 Å². The lowest BCUT2D eigenvalue weighted by molar-refractivity contribution is -0.120. The average Bonchev–Trinajstić information content (AvgIpc) is 2.51. The van der Waals surface area contributed by atoms with Gasteiger partial charge in [0.05, 0.1) is 0 Å². The predicted octanol–water partition coefficient (Wildman–Crippen LogP) is 4.12. The molecule has 23 heavy (non-hydrogen) atoms. The van der Waals surface area contributed by atoms with Crippen LogP contribution in [0, 0.1) is 13.8 Å². The number of hydrogen-bond donors (Lipinski definition) is 2. The summed E-state index contributed by atoms with van der Waals surface area (Å²) in [7, 11) is 0. The van der Waals surface area contributed by atoms with Gasteiger partial charge in [0.2, 0.25) is 5.91 Å². The summed E-state index contributed by atoms with van der Waals surface area (Å²) in [5.74, 6) is 0.0600. The number of amides is 1. The van der Waals surface area contributed by atoms with E-state index in [0.717, 1.165) is 22.7 Å². The van der Waals surface area contributed by atoms with Gasteiger partial charge in [-0.1, -0.05) is 35.9 Å². The number of nitrogens with one attached hydrogen (secondary N) is 2. The van der Waals surface area contributed by atoms with E-state index in [2.05, 4.69) is 42.7 Å². The van der Waals surface area contributed by atoms with Crippen molar-refractivity contribution >= 4 is 23.2 Å². The molecule has 0 aliphatic heterocycles. The Morgan fingerprint density at radius 1 is 1.09 bits per heavy atom. The van der Waals surface area contributed by atoms with Crippen molar-refractivity contribution in [3.63, 3.8) is 0 Å². The summed E-state index contributed by atoms with van der Waals surface area (Å²) in [6.07, 6.45) is 1.25. The highest BCUT2D eigenvalue weighted by Crippen LogP contribution is 2.16. The predicted molar refractivity (Wildman–Crippen MR) is 97.2 cm³/mol. The van der Waals surface area contributed by atoms with E-state index in [9.17, 15) is 4.79 Å². The molecule has 0 aliphatic rings. The number of anilines is 1. The molecular weight excluding hydrogens is 308 g/mol. The molecule has 2 N–H and O–H groups in total. The molecule has 0 bridgehead atoms. The molecule has 0 atom stereocenters. The first-order chi connectivity index (χ1) is 11.0. The van der Waals surface area contributed by atoms with Crippen LogP contribution in [0.2, 0.25) is 5.02 Å². The number of hydrogen-bond acceptors (Lipinski definition) is 2. The van der Waals surface area contributed by atoms with Crippen molar-refractivity contribution in [2.45, 2.75) is 26.7 Å². The minimum Gasteiger partial charge on any atom is -0.384 e. The van der Waals surface area contributed by atoms with Crippen molar-refractivity contribution in [1.29, 1.82) is 0 Å². The highest BCUT2D eigenvalue weighted by molar-refractivity contribution is 6.30. The van der Waals surface area contributed by atoms with Gasteiger partial charge in [0, 0.05) is 30.2 Å². The topological polar surface area (TPSA) is 41.1 Å². The molecule has 0 saturated heterocycles. The monoisotopic (exact) mass is 330 g/mol. The van der Waals surface area contributed by atoms with Crippen molar-refractivity contribution < 1.29 is 4.79 Å². The molecule has 2 aromatic rings. The lowest BCUT2D eigenvalue weighted by Crippen LogP contribution is -2.27. The smallest absolute Gasteiger partial charge is 0.221 e. The van der Waals surface area contributed by atoms with Crippen LogP contribution in [-0.4, -0.2) is 19.0 Å². The van der Waals surface area contributed by atoms with Crippen LogP contribution in [0.15, 0.2) is 42.5 Å². The Labute approximate surface area is 143 Å². The van der Waals surface area contributed by atoms with Crippen LogP contribution in [0.3, 0.4) is 0 Å². The second-order valence-electron chi connectivity index (χ2n) is 5.73. The molecule has 0 aromatic heterocycles. The Hall–Kier alpha value is -2.00. The molecule has 2 aromatic carbocycles. The van der Waals surface area contributed by atoms with Crippen LogP contribution in [0.5, 0.6) is 0 Å². The fourth-order valence-corrected chi connectivity index (χ4v) is 2.58. The molecule has 0 radical (unpaired) electrons. The summed E-state index contributed by atoms with van der Waals surface area (Å²) in [5.41, 5.74) is 4.63. The van der Waals surface area contributed by atoms with Crippen LogP contribution in [0.1, 0.15) is 23.1 Å². The van der Waals surface area contributed by atoms with Crippen molar-refractivity contribution in [3.05, 3.63) is 64.2 Å². The Bertz CT molecular complexity index is 670. The van der Waals surface area contributed by atoms with E-state index in [-0.39, 0.29) is 5.91 Å². The number of halogens is 1. The summed E-state index contributed by atoms with van der Waals surface area (Å²) in [6.45, 7) is 5.38. The maximum absolute atomic E-state index is 11.9. The Morgan fingerprint density at radius 3 is 2.70 bits per heavy atom. The third-order valence-electron chi connectivity index (χ3n) is 3.69. The normalized spacial score (nSPS) is 10.4. The van der Waals surface area contributed by atoms with Crippen molar-refractivity contribution in [3.8, 4) is 0 Å². The third-order valence-corrected chi connectivity index (χ3v) is 3.92. The van der Waals surface area contributed by atoms with Crippen molar-refractivity contribution in [1.82, 2.24) is 5.32 Å². The van der Waals surface area contributed by atoms with E-state index in [1.807, 2.05) is 24.3 Å². The largest absolute Gasteiger partial charge is 0.384 e. The highest BCUT2D eigenvalue weighted by Gasteiger charge is 2.03. The fourth-order valence-electron chi connectivity index (χ4n) is 2.36. The first-order valence-electron chi connectivity index (χ1n) is 7.87. The third kappa shape index (κ3) is 5.95. The maximum atomic E-state index is 11.9. The zero-order chi connectivity index (χ0) is 16.7. The Balaban J connectivity index is 1.68. The highest BCUT2D eigenvalue weighted by atomic mass is 35.5. The molecule has 3 nitrogen and oxygen atoms in total. The minimum atomic E-state index is 0.0600. The van der Waals surface area contributed by atoms with E-state index in [0.29, 0.717) is 19.5 Å². The minimum absolute atomic E-state index is 0.0600. The molecule has 4 heteroatoms. The number of aryl methyl sites for hydroxylation is 2. The SMILES string of the molecule is Cc1ccc(C)c(NCCC(=O)NCCc2cccc(Cl)c2)c1. The first kappa shape index (κ1) is 17.4. The van der Waals surface area contributed by atoms with Gasteiger partial charge in [-0.25, -0.2) is 0 Å². The Morgan fingerprint density at radius 2 is 1.91 bits per heavy atom. The van der Waals surface area contributed by atoms with Gasteiger partial charge in [0.15, 0.2) is 0 Å². The summed E-state index contributed by atoms with van der Waals surface area (Å²) in [5, 5.41) is 6.99. The van der Waals surface area contributed by atoms with Crippen LogP contribution in [0.4, 0.5) is 5.69 Å². The zero-order valence-corrected chi connectivity index (χ0v) is 14.4. The Kier molecular flexibility index (Phi) is 6.48. The van der Waals surface area contributed by atoms with Gasteiger partial charge >= 0.3 is 0 Å². The number of carbonyl (C=O) groups excluding carboxylic acids is 1. The molecule has 0 fully saturated rings. The zero-order valence-electron chi connectivity index (χ0n) is 13.7. The van der Waals surface area contributed by atoms with Gasteiger partial charge in [-0.2, -0.15) is 0 Å². The summed E-state index contributed by atoms with van der Waals surface area (Å²) in [6, 6.07) is 14.0. The average molecular weight is 331 g/mol. The number of rotatable bonds is 7. The molecule has 122 valence electrons. The molecule has 0 spiro atoms. The van der Waals surface area contributed by atoms with Crippen LogP contribution in [0.25, 0.3) is 0 Å². The fraction of sp³-hybridized carbons (Fsp3) is 0.316. The summed E-state index contributed by atoms with van der Waals surface area (Å²) < 4.78 is 0. The lowest BCUT2D eigenvalue weighted by atomic mass is 10.1. The molecule has 2 rings (SSSR count). The van der Waals surface area contributed by atoms with Gasteiger partial charge in [-0.3, -0.25) is 4.79 Å². The molecule has 1 amide bonds. The van der Waals surface area contributed by atoms with Crippen molar-refractivity contribution in [2.75, 3.05) is 18.4 Å². The lowest BCUT2D eigenvalue weighted by Gasteiger charge is -2.10. The van der Waals surface area contributed by atoms with E-state index in [4.69, 9.17) is 11.6 Å². The van der Waals surface area contributed by atoms with E-state index >= 15 is 0 Å². The van der Waals surface area contributed by atoms with Gasteiger partial charge in [0.1, 0.15) is 0 Å². The summed E-state index contributed by atoms with van der Waals surface area (Å²) in [4.78, 5) is 11.9. The second-order valence-corrected chi connectivity index (χ2v) is 6.16. The second kappa shape index (κ2) is 8.59. The molecular formula is C19H23ClN2O. The van der Waals surface area contributed by atoms with E-state index in [1.165, 1.54) is 11.1 Å². The van der Waals surface area contributed by atoms with Gasteiger partial charge in [0.25, 0.3) is 0 Å². The maximum Gasteiger partial charge on any atom is 0.221 e. The van der Waals surface area contributed by atoms with Crippen LogP contribution >= 0.6 is 11.6 Å². The van der Waals surface area contributed by atoms with Crippen molar-refractivity contribution in [2.24, 2.45) is 0 Å². The number of carbonyl (C=O) groups is 1.